The van der Waals surface area contributed by atoms with E-state index in [2.05, 4.69) is 243 Å². The Kier molecular flexibility index (Phi) is 11.1. The number of fused-ring (bicyclic) bond motifs is 9. The Morgan fingerprint density at radius 1 is 0.267 bits per heavy atom. The minimum Gasteiger partial charge on any atom is -0.208 e. The molecule has 1 atom stereocenters. The van der Waals surface area contributed by atoms with Crippen LogP contribution in [0.2, 0.25) is 0 Å². The van der Waals surface area contributed by atoms with E-state index in [1.165, 1.54) is 88.0 Å². The zero-order chi connectivity index (χ0) is 49.7. The zero-order valence-electron chi connectivity index (χ0n) is 41.2. The fourth-order valence-corrected chi connectivity index (χ4v) is 11.7. The highest BCUT2D eigenvalue weighted by Crippen LogP contribution is 2.46. The topological polar surface area (TPSA) is 38.7 Å². The fourth-order valence-electron chi connectivity index (χ4n) is 11.7. The molecule has 14 rings (SSSR count). The molecule has 0 radical (unpaired) electrons. The molecule has 1 aliphatic rings. The van der Waals surface area contributed by atoms with E-state index in [-0.39, 0.29) is 5.92 Å². The summed E-state index contributed by atoms with van der Waals surface area (Å²) >= 11 is 0. The van der Waals surface area contributed by atoms with Gasteiger partial charge in [-0.25, -0.2) is 15.0 Å². The van der Waals surface area contributed by atoms with E-state index in [0.29, 0.717) is 17.5 Å². The lowest BCUT2D eigenvalue weighted by atomic mass is 9.83. The zero-order valence-corrected chi connectivity index (χ0v) is 41.2. The second-order valence-electron chi connectivity index (χ2n) is 19.8. The van der Waals surface area contributed by atoms with E-state index in [0.717, 1.165) is 46.2 Å². The van der Waals surface area contributed by atoms with Crippen LogP contribution in [0, 0.1) is 0 Å². The maximum atomic E-state index is 5.16. The molecule has 3 nitrogen and oxygen atoms in total. The molecule has 0 amide bonds. The molecule has 3 heteroatoms. The highest BCUT2D eigenvalue weighted by molar-refractivity contribution is 6.29. The highest BCUT2D eigenvalue weighted by Gasteiger charge is 2.25. The molecule has 0 spiro atoms. The minimum atomic E-state index is 0.274. The molecule has 0 N–H and O–H groups in total. The third-order valence-corrected chi connectivity index (χ3v) is 15.4. The van der Waals surface area contributed by atoms with Crippen molar-refractivity contribution in [1.82, 2.24) is 15.0 Å². The van der Waals surface area contributed by atoms with Crippen LogP contribution in [-0.4, -0.2) is 15.0 Å². The van der Waals surface area contributed by atoms with Gasteiger partial charge in [0, 0.05) is 22.6 Å². The van der Waals surface area contributed by atoms with Crippen molar-refractivity contribution in [2.24, 2.45) is 0 Å². The molecule has 352 valence electrons. The van der Waals surface area contributed by atoms with E-state index < -0.39 is 0 Å². The molecule has 0 aliphatic heterocycles. The summed E-state index contributed by atoms with van der Waals surface area (Å²) in [5, 5.41) is 7.46. The van der Waals surface area contributed by atoms with Crippen molar-refractivity contribution in [3.63, 3.8) is 0 Å². The number of aryl methyl sites for hydroxylation is 1. The molecule has 1 aliphatic carbocycles. The summed E-state index contributed by atoms with van der Waals surface area (Å²) in [5.74, 6) is 2.18. The van der Waals surface area contributed by atoms with Gasteiger partial charge in [0.25, 0.3) is 0 Å². The van der Waals surface area contributed by atoms with Crippen LogP contribution in [0.15, 0.2) is 267 Å². The number of aromatic nitrogens is 3. The Labute approximate surface area is 437 Å². The number of benzene rings is 12. The maximum absolute atomic E-state index is 5.16. The summed E-state index contributed by atoms with van der Waals surface area (Å²) in [6.07, 6.45) is 2.08. The number of nitrogens with zero attached hydrogens (tertiary/aromatic N) is 3. The molecule has 75 heavy (non-hydrogen) atoms. The SMILES string of the molecule is c1ccc(-c2ccc(-c3nc(-c4ccccc4)nc(-c4cccc(-c5ccc6c(c5)c5ccccc5c5cccc(-c7ccc8c(c7)-c7ccccc7CCC8c7ccc(-c8ccccc8)cc7)c56)c4)n3)cc2)cc1. The number of hydrogen-bond donors (Lipinski definition) is 0. The predicted molar refractivity (Wildman–Crippen MR) is 312 cm³/mol. The van der Waals surface area contributed by atoms with Crippen LogP contribution >= 0.6 is 0 Å². The minimum absolute atomic E-state index is 0.274. The van der Waals surface area contributed by atoms with Gasteiger partial charge in [-0.05, 0) is 136 Å². The first-order valence-electron chi connectivity index (χ1n) is 26.0. The Morgan fingerprint density at radius 2 is 0.720 bits per heavy atom. The smallest absolute Gasteiger partial charge is 0.164 e. The van der Waals surface area contributed by atoms with Gasteiger partial charge in [-0.3, -0.25) is 0 Å². The average Bonchev–Trinajstić information content (AvgIpc) is 3.66. The molecule has 13 aromatic rings. The van der Waals surface area contributed by atoms with Crippen molar-refractivity contribution in [2.75, 3.05) is 0 Å². The van der Waals surface area contributed by atoms with Crippen LogP contribution in [-0.2, 0) is 6.42 Å². The van der Waals surface area contributed by atoms with Gasteiger partial charge in [0.1, 0.15) is 0 Å². The van der Waals surface area contributed by atoms with E-state index in [9.17, 15) is 0 Å². The van der Waals surface area contributed by atoms with Crippen LogP contribution in [0.25, 0.3) is 122 Å². The van der Waals surface area contributed by atoms with Crippen molar-refractivity contribution in [1.29, 1.82) is 0 Å². The van der Waals surface area contributed by atoms with Gasteiger partial charge in [-0.15, -0.1) is 0 Å². The van der Waals surface area contributed by atoms with Gasteiger partial charge in [-0.2, -0.15) is 0 Å². The second kappa shape index (κ2) is 18.8. The third kappa shape index (κ3) is 8.16. The molecule has 0 bridgehead atoms. The molecule has 0 fully saturated rings. The monoisotopic (exact) mass is 955 g/mol. The average molecular weight is 956 g/mol. The Hall–Kier alpha value is -9.57. The fraction of sp³-hybridized carbons (Fsp3) is 0.0417. The summed E-state index contributed by atoms with van der Waals surface area (Å²) in [4.78, 5) is 15.3. The van der Waals surface area contributed by atoms with E-state index in [4.69, 9.17) is 15.0 Å². The summed E-state index contributed by atoms with van der Waals surface area (Å²) in [6.45, 7) is 0. The summed E-state index contributed by atoms with van der Waals surface area (Å²) in [7, 11) is 0. The Morgan fingerprint density at radius 3 is 1.43 bits per heavy atom. The first-order chi connectivity index (χ1) is 37.2. The molecule has 1 aromatic heterocycles. The Balaban J connectivity index is 0.874. The summed E-state index contributed by atoms with van der Waals surface area (Å²) in [6, 6.07) is 96.9. The lowest BCUT2D eigenvalue weighted by Gasteiger charge is -2.21. The standard InChI is InChI=1S/C72H49N3/c1-4-16-47(17-5-1)49-30-34-52(35-31-49)60-41-38-51-20-10-11-25-59(51)67-46-57(40-42-64(60)67)61-28-15-29-65-62-26-12-13-27-63(62)68-45-56(39-43-66(68)69(61)65)55-23-14-24-58(44-55)72-74-70(53-21-8-3-9-22-53)73-71(75-72)54-36-32-50(33-37-54)48-18-6-2-7-19-48/h1-37,39-40,42-46,60H,38,41H2. The van der Waals surface area contributed by atoms with Crippen molar-refractivity contribution >= 4 is 32.3 Å². The van der Waals surface area contributed by atoms with E-state index in [1.54, 1.807) is 0 Å². The predicted octanol–water partition coefficient (Wildman–Crippen LogP) is 18.7. The molecule has 0 saturated carbocycles. The summed E-state index contributed by atoms with van der Waals surface area (Å²) in [5.41, 5.74) is 19.1. The van der Waals surface area contributed by atoms with E-state index >= 15 is 0 Å². The largest absolute Gasteiger partial charge is 0.208 e. The van der Waals surface area contributed by atoms with Gasteiger partial charge in [-0.1, -0.05) is 249 Å². The van der Waals surface area contributed by atoms with Crippen LogP contribution in [0.5, 0.6) is 0 Å². The molecular formula is C72H49N3. The molecule has 1 heterocycles. The molecule has 12 aromatic carbocycles. The van der Waals surface area contributed by atoms with Crippen molar-refractivity contribution < 1.29 is 0 Å². The van der Waals surface area contributed by atoms with Crippen LogP contribution < -0.4 is 0 Å². The van der Waals surface area contributed by atoms with Crippen LogP contribution in [0.3, 0.4) is 0 Å². The van der Waals surface area contributed by atoms with Crippen molar-refractivity contribution in [2.45, 2.75) is 18.8 Å². The summed E-state index contributed by atoms with van der Waals surface area (Å²) < 4.78 is 0. The normalized spacial score (nSPS) is 13.1. The first kappa shape index (κ1) is 44.2. The number of rotatable bonds is 8. The van der Waals surface area contributed by atoms with Crippen LogP contribution in [0.1, 0.15) is 29.0 Å². The third-order valence-electron chi connectivity index (χ3n) is 15.4. The van der Waals surface area contributed by atoms with Gasteiger partial charge >= 0.3 is 0 Å². The Bertz CT molecular complexity index is 4260. The van der Waals surface area contributed by atoms with Crippen molar-refractivity contribution in [3.8, 4) is 89.8 Å². The highest BCUT2D eigenvalue weighted by atomic mass is 15.0. The van der Waals surface area contributed by atoms with Gasteiger partial charge in [0.05, 0.1) is 0 Å². The lowest BCUT2D eigenvalue weighted by molar-refractivity contribution is 0.726. The quantitative estimate of drug-likeness (QED) is 0.142. The molecule has 0 saturated heterocycles. The van der Waals surface area contributed by atoms with Gasteiger partial charge < -0.3 is 0 Å². The van der Waals surface area contributed by atoms with Gasteiger partial charge in [0.15, 0.2) is 17.5 Å². The van der Waals surface area contributed by atoms with Crippen molar-refractivity contribution in [3.05, 3.63) is 284 Å². The number of hydrogen-bond acceptors (Lipinski definition) is 3. The van der Waals surface area contributed by atoms with Gasteiger partial charge in [0.2, 0.25) is 0 Å². The lowest BCUT2D eigenvalue weighted by Crippen LogP contribution is -2.02. The maximum Gasteiger partial charge on any atom is 0.164 e. The second-order valence-corrected chi connectivity index (χ2v) is 19.8. The molecule has 1 unspecified atom stereocenters. The molecular weight excluding hydrogens is 907 g/mol. The van der Waals surface area contributed by atoms with E-state index in [1.807, 2.05) is 24.3 Å². The van der Waals surface area contributed by atoms with Crippen LogP contribution in [0.4, 0.5) is 0 Å². The first-order valence-corrected chi connectivity index (χ1v) is 26.0.